The predicted octanol–water partition coefficient (Wildman–Crippen LogP) is 23.9. The van der Waals surface area contributed by atoms with E-state index in [4.69, 9.17) is 33.7 Å². The number of methoxy groups -OCH3 is 5. The van der Waals surface area contributed by atoms with Crippen LogP contribution in [0, 0.1) is 25.6 Å². The van der Waals surface area contributed by atoms with Gasteiger partial charge in [-0.15, -0.1) is 0 Å². The molecule has 30 heteroatoms. The summed E-state index contributed by atoms with van der Waals surface area (Å²) in [5.74, 6) is 5.77. The SMILES string of the molecule is C=C(C)N1CCC(C(=O)Nc2nc3ccc(-c4ccncc4)cc3n2-c2ccc(OC)cc2)CC1.CCC(=O)Nc1nc2ccc(-c3ccncc3)cc2n1-c1ccc(OC)cc1.COc1ccc(-n2c(C)nc3ccc(-c4ccncc4)cc32)cc1.COc1ccc(-n2c(NC(=O)Cc3cc(C)cc(F)c3)nc3ccc(-c4ccncc4)cc32)cc1.COc1ccc(-n2c(NC(C)=O)nc3ccc(-c4ccncc4)cc32)cc1. The zero-order valence-electron chi connectivity index (χ0n) is 83.7. The second-order valence-corrected chi connectivity index (χ2v) is 35.2. The molecule has 4 N–H and O–H groups in total. The molecular weight excluding hydrogens is 1870 g/mol. The number of piperidine rings is 1. The Kier molecular flexibility index (Phi) is 30.9. The number of pyridine rings is 5. The molecule has 0 spiro atoms. The van der Waals surface area contributed by atoms with Gasteiger partial charge < -0.3 is 28.6 Å². The van der Waals surface area contributed by atoms with E-state index in [2.05, 4.69) is 114 Å². The van der Waals surface area contributed by atoms with Crippen LogP contribution in [0.3, 0.4) is 0 Å². The van der Waals surface area contributed by atoms with Crippen molar-refractivity contribution >= 4 is 103 Å². The molecule has 21 aromatic rings. The second kappa shape index (κ2) is 46.1. The standard InChI is InChI=1S/C28H23FN4O2.C28H29N5O2.C22H20N4O2.C21H18N4O2.C20H17N3O/c1-18-13-19(15-22(29)14-18)16-27(34)32-28-31-25-8-3-21(20-9-11-30-12-10-20)17-26(25)33(28)23-4-6-24(35-2)7-5-23;1-19(2)32-16-12-21(13-17-32)27(34)31-28-30-25-9-4-22(20-10-14-29-15-11-20)18-26(25)33(28)23-5-7-24(35-3)8-6-23;1-3-21(27)25-22-24-19-9-4-16(15-10-12-23-13-11-15)14-20(19)26(22)17-5-7-18(28-2)8-6-17;1-14(26)23-21-24-19-8-3-16(15-9-11-22-12-10-15)13-20(19)25(21)17-4-6-18(27-2)7-5-17;1-14-22-19-8-3-16(15-9-11-21-12-10-15)13-20(19)23(14)17-4-6-18(24-2)7-5-17/h3-15,17H,16H2,1-2H3,(H,31,32,34);4-11,14-15,18,21H,1,12-13,16-17H2,2-3H3,(H,30,31,34);4-14H,3H2,1-2H3,(H,24,25,27);3-13H,1-2H3,(H,23,24,26);3-13H,1-2H3. The van der Waals surface area contributed by atoms with Gasteiger partial charge in [-0.2, -0.15) is 0 Å². The summed E-state index contributed by atoms with van der Waals surface area (Å²) in [5.41, 5.74) is 26.4. The molecule has 0 aliphatic carbocycles. The van der Waals surface area contributed by atoms with Gasteiger partial charge in [-0.25, -0.2) is 29.3 Å². The third-order valence-electron chi connectivity index (χ3n) is 25.4. The van der Waals surface area contributed by atoms with Crippen molar-refractivity contribution in [3.63, 3.8) is 0 Å². The van der Waals surface area contributed by atoms with E-state index in [1.807, 2.05) is 288 Å². The number of fused-ring (bicyclic) bond motifs is 5. The van der Waals surface area contributed by atoms with Crippen molar-refractivity contribution in [2.24, 2.45) is 5.92 Å². The molecule has 22 rings (SSSR count). The Hall–Kier alpha value is -19.1. The molecule has 29 nitrogen and oxygen atoms in total. The van der Waals surface area contributed by atoms with Crippen molar-refractivity contribution < 1.29 is 47.3 Å². The number of carbonyl (C=O) groups is 4. The highest BCUT2D eigenvalue weighted by Gasteiger charge is 2.29. The quantitative estimate of drug-likeness (QED) is 0.0437. The number of rotatable bonds is 24. The number of anilines is 4. The van der Waals surface area contributed by atoms with Gasteiger partial charge in [0, 0.05) is 128 Å². The monoisotopic (exact) mass is 1980 g/mol. The number of imidazole rings is 5. The molecule has 0 atom stereocenters. The number of hydrogen-bond acceptors (Lipinski definition) is 20. The van der Waals surface area contributed by atoms with E-state index in [0.717, 1.165) is 211 Å². The maximum atomic E-state index is 13.8. The first kappa shape index (κ1) is 100.0. The van der Waals surface area contributed by atoms with Crippen molar-refractivity contribution in [3.05, 3.63) is 388 Å². The molecule has 10 aromatic heterocycles. The molecule has 0 radical (unpaired) electrons. The fourth-order valence-electron chi connectivity index (χ4n) is 17.9. The molecule has 149 heavy (non-hydrogen) atoms. The fraction of sp³-hybridized carbons (Fsp3) is 0.143. The smallest absolute Gasteiger partial charge is 0.231 e. The molecule has 744 valence electrons. The average Bonchev–Trinajstić information content (AvgIpc) is 1.64. The maximum Gasteiger partial charge on any atom is 0.231 e. The van der Waals surface area contributed by atoms with Crippen molar-refractivity contribution in [1.82, 2.24) is 77.6 Å². The zero-order chi connectivity index (χ0) is 104. The van der Waals surface area contributed by atoms with Crippen molar-refractivity contribution in [1.29, 1.82) is 0 Å². The Morgan fingerprint density at radius 1 is 0.329 bits per heavy atom. The Balaban J connectivity index is 0.000000123. The third-order valence-corrected chi connectivity index (χ3v) is 25.4. The van der Waals surface area contributed by atoms with Crippen LogP contribution >= 0.6 is 0 Å². The van der Waals surface area contributed by atoms with Crippen LogP contribution < -0.4 is 45.0 Å². The van der Waals surface area contributed by atoms with E-state index in [9.17, 15) is 23.6 Å². The largest absolute Gasteiger partial charge is 0.497 e. The van der Waals surface area contributed by atoms with Crippen LogP contribution in [0.4, 0.5) is 28.2 Å². The van der Waals surface area contributed by atoms with Gasteiger partial charge in [0.15, 0.2) is 0 Å². The van der Waals surface area contributed by atoms with E-state index in [0.29, 0.717) is 35.8 Å². The van der Waals surface area contributed by atoms with Crippen LogP contribution in [0.2, 0.25) is 0 Å². The first-order chi connectivity index (χ1) is 72.6. The van der Waals surface area contributed by atoms with Crippen LogP contribution in [0.5, 0.6) is 28.7 Å². The van der Waals surface area contributed by atoms with E-state index >= 15 is 0 Å². The summed E-state index contributed by atoms with van der Waals surface area (Å²) in [6.45, 7) is 14.8. The van der Waals surface area contributed by atoms with Gasteiger partial charge in [-0.3, -0.25) is 88.2 Å². The first-order valence-corrected chi connectivity index (χ1v) is 48.3. The minimum Gasteiger partial charge on any atom is -0.497 e. The first-order valence-electron chi connectivity index (χ1n) is 48.3. The number of benzene rings is 11. The highest BCUT2D eigenvalue weighted by Crippen LogP contribution is 2.39. The van der Waals surface area contributed by atoms with E-state index in [1.165, 1.54) is 19.1 Å². The highest BCUT2D eigenvalue weighted by molar-refractivity contribution is 5.99. The van der Waals surface area contributed by atoms with Crippen LogP contribution in [-0.2, 0) is 25.6 Å². The maximum absolute atomic E-state index is 13.8. The number of aryl methyl sites for hydroxylation is 2. The number of allylic oxidation sites excluding steroid dienone is 1. The lowest BCUT2D eigenvalue weighted by Crippen LogP contribution is -2.37. The normalized spacial score (nSPS) is 11.6. The number of nitrogens with zero attached hydrogens (tertiary/aromatic N) is 16. The van der Waals surface area contributed by atoms with Crippen LogP contribution in [0.25, 0.3) is 139 Å². The Bertz CT molecular complexity index is 8310. The lowest BCUT2D eigenvalue weighted by atomic mass is 9.96. The summed E-state index contributed by atoms with van der Waals surface area (Å²) in [6, 6.07) is 93.5. The summed E-state index contributed by atoms with van der Waals surface area (Å²) < 4.78 is 50.2. The molecule has 0 bridgehead atoms. The number of aromatic nitrogens is 15. The summed E-state index contributed by atoms with van der Waals surface area (Å²) >= 11 is 0. The highest BCUT2D eigenvalue weighted by atomic mass is 19.1. The fourth-order valence-corrected chi connectivity index (χ4v) is 17.9. The van der Waals surface area contributed by atoms with Gasteiger partial charge in [0.1, 0.15) is 40.4 Å². The van der Waals surface area contributed by atoms with Crippen LogP contribution in [0.15, 0.2) is 365 Å². The molecule has 11 aromatic carbocycles. The minimum absolute atomic E-state index is 0.00536. The van der Waals surface area contributed by atoms with Crippen molar-refractivity contribution in [2.75, 3.05) is 69.9 Å². The van der Waals surface area contributed by atoms with E-state index in [1.54, 1.807) is 98.1 Å². The third kappa shape index (κ3) is 23.4. The summed E-state index contributed by atoms with van der Waals surface area (Å²) in [4.78, 5) is 96.0. The van der Waals surface area contributed by atoms with Gasteiger partial charge in [0.2, 0.25) is 47.4 Å². The zero-order valence-corrected chi connectivity index (χ0v) is 83.7. The molecule has 0 saturated carbocycles. The lowest BCUT2D eigenvalue weighted by Gasteiger charge is -2.32. The second-order valence-electron chi connectivity index (χ2n) is 35.2. The lowest BCUT2D eigenvalue weighted by molar-refractivity contribution is -0.121. The number of ether oxygens (including phenoxy) is 5. The number of carbonyl (C=O) groups excluding carboxylic acids is 4. The summed E-state index contributed by atoms with van der Waals surface area (Å²) in [7, 11) is 8.20. The molecule has 11 heterocycles. The van der Waals surface area contributed by atoms with Crippen LogP contribution in [-0.4, -0.2) is 150 Å². The van der Waals surface area contributed by atoms with E-state index < -0.39 is 0 Å². The Labute approximate surface area is 859 Å². The molecule has 4 amide bonds. The molecular formula is C119H107FN20O9. The number of likely N-dealkylation sites (tertiary alicyclic amines) is 1. The topological polar surface area (TPSA) is 319 Å². The van der Waals surface area contributed by atoms with Gasteiger partial charge in [0.05, 0.1) is 97.1 Å². The summed E-state index contributed by atoms with van der Waals surface area (Å²) in [5, 5.41) is 11.8. The number of nitrogens with one attached hydrogen (secondary N) is 4. The minimum atomic E-state index is -0.359. The molecule has 1 aliphatic heterocycles. The average molecular weight is 1980 g/mol. The van der Waals surface area contributed by atoms with Crippen molar-refractivity contribution in [3.8, 4) is 113 Å². The Morgan fingerprint density at radius 3 is 0.886 bits per heavy atom. The van der Waals surface area contributed by atoms with E-state index in [-0.39, 0.29) is 41.8 Å². The van der Waals surface area contributed by atoms with Gasteiger partial charge in [0.25, 0.3) is 0 Å². The Morgan fingerprint density at radius 2 is 0.604 bits per heavy atom. The van der Waals surface area contributed by atoms with Gasteiger partial charge >= 0.3 is 0 Å². The number of halogens is 1. The predicted molar refractivity (Wildman–Crippen MR) is 583 cm³/mol. The van der Waals surface area contributed by atoms with Gasteiger partial charge in [-0.1, -0.05) is 49.9 Å². The van der Waals surface area contributed by atoms with Gasteiger partial charge in [-0.05, 0) is 355 Å². The van der Waals surface area contributed by atoms with Crippen LogP contribution in [0.1, 0.15) is 57.0 Å². The number of hydrogen-bond donors (Lipinski definition) is 4. The molecule has 1 fully saturated rings. The number of amides is 4. The van der Waals surface area contributed by atoms with Crippen molar-refractivity contribution in [2.45, 2.75) is 60.3 Å². The molecule has 0 unspecified atom stereocenters. The molecule has 1 saturated heterocycles. The summed E-state index contributed by atoms with van der Waals surface area (Å²) in [6.07, 6.45) is 19.8. The molecule has 1 aliphatic rings.